The summed E-state index contributed by atoms with van der Waals surface area (Å²) < 4.78 is 6.35. The van der Waals surface area contributed by atoms with Crippen LogP contribution in [0.5, 0.6) is 0 Å². The van der Waals surface area contributed by atoms with E-state index in [1.54, 1.807) is 23.7 Å². The highest BCUT2D eigenvalue weighted by Gasteiger charge is 2.26. The first-order chi connectivity index (χ1) is 6.94. The minimum absolute atomic E-state index is 0.378. The van der Waals surface area contributed by atoms with Crippen LogP contribution in [0.2, 0.25) is 0 Å². The Morgan fingerprint density at radius 2 is 2.07 bits per heavy atom. The summed E-state index contributed by atoms with van der Waals surface area (Å²) in [5, 5.41) is 0. The third-order valence-corrected chi connectivity index (χ3v) is 2.43. The molecule has 0 unspecified atom stereocenters. The van der Waals surface area contributed by atoms with E-state index in [-0.39, 0.29) is 5.97 Å². The molecular formula is C10H16N2O3. The molecule has 0 atom stereocenters. The van der Waals surface area contributed by atoms with E-state index in [1.807, 2.05) is 13.8 Å². The van der Waals surface area contributed by atoms with Crippen LogP contribution in [-0.2, 0) is 22.2 Å². The maximum Gasteiger partial charge on any atom is 0.354 e. The Labute approximate surface area is 88.7 Å². The average molecular weight is 212 g/mol. The van der Waals surface area contributed by atoms with E-state index in [1.165, 1.54) is 7.11 Å². The lowest BCUT2D eigenvalue weighted by molar-refractivity contribution is -0.0288. The van der Waals surface area contributed by atoms with Crippen molar-refractivity contribution < 1.29 is 14.4 Å². The summed E-state index contributed by atoms with van der Waals surface area (Å²) in [5.74, 6) is 4.82. The van der Waals surface area contributed by atoms with E-state index >= 15 is 0 Å². The number of methoxy groups -OCH3 is 1. The lowest BCUT2D eigenvalue weighted by Crippen LogP contribution is -2.28. The standard InChI is InChI=1S/C10H16N2O3/c1-10(2,15-11)8-6-5-7(12(8)3)9(13)14-4/h5-6H,11H2,1-4H3. The topological polar surface area (TPSA) is 66.5 Å². The van der Waals surface area contributed by atoms with Crippen LogP contribution in [-0.4, -0.2) is 17.6 Å². The van der Waals surface area contributed by atoms with Crippen LogP contribution in [0.25, 0.3) is 0 Å². The molecule has 0 aromatic carbocycles. The number of rotatable bonds is 3. The first kappa shape index (κ1) is 11.7. The van der Waals surface area contributed by atoms with Crippen LogP contribution in [0.1, 0.15) is 30.0 Å². The van der Waals surface area contributed by atoms with Crippen molar-refractivity contribution in [3.63, 3.8) is 0 Å². The average Bonchev–Trinajstić information content (AvgIpc) is 2.59. The zero-order valence-electron chi connectivity index (χ0n) is 9.40. The van der Waals surface area contributed by atoms with Crippen molar-refractivity contribution in [3.8, 4) is 0 Å². The third kappa shape index (κ3) is 2.03. The molecule has 0 radical (unpaired) electrons. The smallest absolute Gasteiger partial charge is 0.354 e. The minimum Gasteiger partial charge on any atom is -0.464 e. The van der Waals surface area contributed by atoms with Gasteiger partial charge in [0.1, 0.15) is 11.3 Å². The molecule has 15 heavy (non-hydrogen) atoms. The highest BCUT2D eigenvalue weighted by Crippen LogP contribution is 2.24. The lowest BCUT2D eigenvalue weighted by atomic mass is 10.1. The summed E-state index contributed by atoms with van der Waals surface area (Å²) >= 11 is 0. The first-order valence-electron chi connectivity index (χ1n) is 4.56. The van der Waals surface area contributed by atoms with Gasteiger partial charge in [-0.05, 0) is 26.0 Å². The van der Waals surface area contributed by atoms with Crippen molar-refractivity contribution in [2.75, 3.05) is 7.11 Å². The van der Waals surface area contributed by atoms with E-state index in [9.17, 15) is 4.79 Å². The van der Waals surface area contributed by atoms with Gasteiger partial charge in [0.05, 0.1) is 12.8 Å². The molecular weight excluding hydrogens is 196 g/mol. The number of hydrogen-bond acceptors (Lipinski definition) is 4. The van der Waals surface area contributed by atoms with Gasteiger partial charge < -0.3 is 9.30 Å². The Morgan fingerprint density at radius 3 is 2.53 bits per heavy atom. The van der Waals surface area contributed by atoms with Crippen LogP contribution in [0, 0.1) is 0 Å². The summed E-state index contributed by atoms with van der Waals surface area (Å²) in [6.45, 7) is 3.65. The quantitative estimate of drug-likeness (QED) is 0.598. The Balaban J connectivity index is 3.15. The van der Waals surface area contributed by atoms with Gasteiger partial charge in [0.2, 0.25) is 0 Å². The summed E-state index contributed by atoms with van der Waals surface area (Å²) in [7, 11) is 3.11. The second-order valence-corrected chi connectivity index (χ2v) is 3.78. The molecule has 1 aromatic rings. The van der Waals surface area contributed by atoms with Gasteiger partial charge in [-0.15, -0.1) is 0 Å². The lowest BCUT2D eigenvalue weighted by Gasteiger charge is -2.23. The van der Waals surface area contributed by atoms with E-state index in [2.05, 4.69) is 4.74 Å². The third-order valence-electron chi connectivity index (χ3n) is 2.43. The number of aromatic nitrogens is 1. The Hall–Kier alpha value is -1.33. The number of hydrogen-bond donors (Lipinski definition) is 1. The van der Waals surface area contributed by atoms with Gasteiger partial charge in [-0.3, -0.25) is 4.84 Å². The molecule has 0 saturated heterocycles. The molecule has 1 heterocycles. The van der Waals surface area contributed by atoms with Crippen molar-refractivity contribution >= 4 is 5.97 Å². The zero-order chi connectivity index (χ0) is 11.6. The van der Waals surface area contributed by atoms with E-state index < -0.39 is 5.60 Å². The minimum atomic E-state index is -0.638. The second-order valence-electron chi connectivity index (χ2n) is 3.78. The fourth-order valence-electron chi connectivity index (χ4n) is 1.49. The molecule has 0 saturated carbocycles. The highest BCUT2D eigenvalue weighted by molar-refractivity contribution is 5.87. The Kier molecular flexibility index (Phi) is 3.16. The van der Waals surface area contributed by atoms with E-state index in [0.717, 1.165) is 5.69 Å². The first-order valence-corrected chi connectivity index (χ1v) is 4.56. The molecule has 0 fully saturated rings. The molecule has 1 aromatic heterocycles. The number of carbonyl (C=O) groups excluding carboxylic acids is 1. The van der Waals surface area contributed by atoms with Crippen molar-refractivity contribution in [2.45, 2.75) is 19.4 Å². The second kappa shape index (κ2) is 4.04. The maximum absolute atomic E-state index is 11.3. The van der Waals surface area contributed by atoms with Crippen LogP contribution < -0.4 is 5.90 Å². The predicted octanol–water partition coefficient (Wildman–Crippen LogP) is 0.937. The van der Waals surface area contributed by atoms with Gasteiger partial charge in [-0.25, -0.2) is 10.7 Å². The fourth-order valence-corrected chi connectivity index (χ4v) is 1.49. The van der Waals surface area contributed by atoms with Gasteiger partial charge >= 0.3 is 5.97 Å². The highest BCUT2D eigenvalue weighted by atomic mass is 16.6. The number of esters is 1. The molecule has 1 rings (SSSR count). The molecule has 0 amide bonds. The normalized spacial score (nSPS) is 11.5. The number of nitrogens with two attached hydrogens (primary N) is 1. The molecule has 0 spiro atoms. The van der Waals surface area contributed by atoms with Gasteiger partial charge in [0.15, 0.2) is 0 Å². The SMILES string of the molecule is COC(=O)c1ccc(C(C)(C)ON)n1C. The number of carbonyl (C=O) groups is 1. The van der Waals surface area contributed by atoms with Gasteiger partial charge in [-0.1, -0.05) is 0 Å². The van der Waals surface area contributed by atoms with Crippen molar-refractivity contribution in [3.05, 3.63) is 23.5 Å². The van der Waals surface area contributed by atoms with Crippen LogP contribution in [0.15, 0.2) is 12.1 Å². The molecule has 2 N–H and O–H groups in total. The Bertz CT molecular complexity index is 369. The van der Waals surface area contributed by atoms with Gasteiger partial charge in [-0.2, -0.15) is 0 Å². The summed E-state index contributed by atoms with van der Waals surface area (Å²) in [4.78, 5) is 16.2. The van der Waals surface area contributed by atoms with Crippen LogP contribution >= 0.6 is 0 Å². The molecule has 5 nitrogen and oxygen atoms in total. The molecule has 0 aliphatic carbocycles. The van der Waals surface area contributed by atoms with Crippen molar-refractivity contribution in [2.24, 2.45) is 12.9 Å². The van der Waals surface area contributed by atoms with Crippen LogP contribution in [0.3, 0.4) is 0 Å². The molecule has 5 heteroatoms. The summed E-state index contributed by atoms with van der Waals surface area (Å²) in [5.41, 5.74) is 0.643. The van der Waals surface area contributed by atoms with Crippen LogP contribution in [0.4, 0.5) is 0 Å². The van der Waals surface area contributed by atoms with Gasteiger partial charge in [0, 0.05) is 7.05 Å². The van der Waals surface area contributed by atoms with E-state index in [0.29, 0.717) is 5.69 Å². The maximum atomic E-state index is 11.3. The largest absolute Gasteiger partial charge is 0.464 e. The molecule has 0 aliphatic heterocycles. The van der Waals surface area contributed by atoms with Crippen molar-refractivity contribution in [1.29, 1.82) is 0 Å². The van der Waals surface area contributed by atoms with E-state index in [4.69, 9.17) is 10.7 Å². The van der Waals surface area contributed by atoms with Gasteiger partial charge in [0.25, 0.3) is 0 Å². The summed E-state index contributed by atoms with van der Waals surface area (Å²) in [6.07, 6.45) is 0. The number of nitrogens with zero attached hydrogens (tertiary/aromatic N) is 1. The predicted molar refractivity (Wildman–Crippen MR) is 55.1 cm³/mol. The monoisotopic (exact) mass is 212 g/mol. The number of ether oxygens (including phenoxy) is 1. The molecule has 0 aliphatic rings. The van der Waals surface area contributed by atoms with Crippen molar-refractivity contribution in [1.82, 2.24) is 4.57 Å². The fraction of sp³-hybridized carbons (Fsp3) is 0.500. The summed E-state index contributed by atoms with van der Waals surface area (Å²) in [6, 6.07) is 3.47. The zero-order valence-corrected chi connectivity index (χ0v) is 9.40. The molecule has 84 valence electrons. The Morgan fingerprint density at radius 1 is 1.47 bits per heavy atom. The molecule has 0 bridgehead atoms.